The number of nitrogens with zero attached hydrogens (tertiary/aromatic N) is 1. The third kappa shape index (κ3) is 3.97. The van der Waals surface area contributed by atoms with Gasteiger partial charge >= 0.3 is 5.63 Å². The highest BCUT2D eigenvalue weighted by Gasteiger charge is 2.22. The van der Waals surface area contributed by atoms with Gasteiger partial charge in [-0.2, -0.15) is 0 Å². The normalized spacial score (nSPS) is 13.3. The van der Waals surface area contributed by atoms with Gasteiger partial charge in [-0.3, -0.25) is 0 Å². The molecule has 4 aromatic rings. The zero-order valence-electron chi connectivity index (χ0n) is 16.7. The van der Waals surface area contributed by atoms with Crippen LogP contribution in [0.2, 0.25) is 0 Å². The first-order chi connectivity index (χ1) is 14.4. The van der Waals surface area contributed by atoms with Gasteiger partial charge in [-0.05, 0) is 48.2 Å². The number of rotatable bonds is 6. The number of H-pyrrole nitrogens is 1. The molecular weight excluding hydrogens is 385 g/mol. The summed E-state index contributed by atoms with van der Waals surface area (Å²) in [6, 6.07) is 13.0. The van der Waals surface area contributed by atoms with E-state index in [2.05, 4.69) is 15.3 Å². The fourth-order valence-corrected chi connectivity index (χ4v) is 3.25. The summed E-state index contributed by atoms with van der Waals surface area (Å²) >= 11 is 0. The Morgan fingerprint density at radius 1 is 1.20 bits per heavy atom. The minimum Gasteiger partial charge on any atom is -0.423 e. The van der Waals surface area contributed by atoms with Crippen molar-refractivity contribution in [3.05, 3.63) is 82.2 Å². The van der Waals surface area contributed by atoms with Crippen molar-refractivity contribution >= 4 is 16.9 Å². The van der Waals surface area contributed by atoms with Crippen molar-refractivity contribution in [1.29, 1.82) is 0 Å². The largest absolute Gasteiger partial charge is 0.423 e. The molecule has 0 fully saturated rings. The molecule has 4 rings (SSSR count). The van der Waals surface area contributed by atoms with Crippen LogP contribution < -0.4 is 10.9 Å². The maximum atomic E-state index is 13.3. The average molecular weight is 407 g/mol. The van der Waals surface area contributed by atoms with E-state index in [0.717, 1.165) is 16.5 Å². The minimum absolute atomic E-state index is 0.332. The second-order valence-corrected chi connectivity index (χ2v) is 7.44. The van der Waals surface area contributed by atoms with Gasteiger partial charge in [0.05, 0.1) is 11.9 Å². The topological polar surface area (TPSA) is 91.2 Å². The van der Waals surface area contributed by atoms with Crippen LogP contribution in [0.15, 0.2) is 63.9 Å². The van der Waals surface area contributed by atoms with Gasteiger partial charge in [0.15, 0.2) is 0 Å². The Balaban J connectivity index is 1.60. The first-order valence-corrected chi connectivity index (χ1v) is 9.70. The third-order valence-electron chi connectivity index (χ3n) is 5.27. The van der Waals surface area contributed by atoms with Gasteiger partial charge in [0.1, 0.15) is 17.0 Å². The van der Waals surface area contributed by atoms with Gasteiger partial charge in [0.25, 0.3) is 0 Å². The smallest absolute Gasteiger partial charge is 0.336 e. The first kappa shape index (κ1) is 19.8. The standard InChI is InChI=1S/C23H22FN3O3/c1-3-23(2,29)20-13-26-22(27-20)25-12-14-4-9-17-18(11-21(28)30-19(17)10-14)15-5-7-16(24)8-6-15/h4-11,13,29H,3,12H2,1-2H3,(H2,25,26,27). The molecule has 0 aliphatic rings. The van der Waals surface area contributed by atoms with Gasteiger partial charge < -0.3 is 19.8 Å². The van der Waals surface area contributed by atoms with Gasteiger partial charge in [0.2, 0.25) is 5.95 Å². The molecule has 0 aliphatic heterocycles. The Bertz CT molecular complexity index is 1240. The second-order valence-electron chi connectivity index (χ2n) is 7.44. The van der Waals surface area contributed by atoms with Crippen LogP contribution in [-0.4, -0.2) is 15.1 Å². The van der Waals surface area contributed by atoms with E-state index in [0.29, 0.717) is 35.8 Å². The van der Waals surface area contributed by atoms with E-state index in [1.807, 2.05) is 19.1 Å². The lowest BCUT2D eigenvalue weighted by molar-refractivity contribution is 0.0490. The number of halogens is 1. The molecule has 154 valence electrons. The van der Waals surface area contributed by atoms with Crippen molar-refractivity contribution in [3.8, 4) is 11.1 Å². The molecule has 0 saturated heterocycles. The van der Waals surface area contributed by atoms with Crippen LogP contribution in [0.3, 0.4) is 0 Å². The van der Waals surface area contributed by atoms with E-state index in [-0.39, 0.29) is 5.82 Å². The summed E-state index contributed by atoms with van der Waals surface area (Å²) in [7, 11) is 0. The highest BCUT2D eigenvalue weighted by Crippen LogP contribution is 2.28. The van der Waals surface area contributed by atoms with Crippen LogP contribution in [-0.2, 0) is 12.1 Å². The van der Waals surface area contributed by atoms with E-state index in [1.54, 1.807) is 31.3 Å². The second kappa shape index (κ2) is 7.76. The number of fused-ring (bicyclic) bond motifs is 1. The molecule has 2 aromatic carbocycles. The number of anilines is 1. The molecule has 3 N–H and O–H groups in total. The number of hydrogen-bond acceptors (Lipinski definition) is 5. The molecule has 30 heavy (non-hydrogen) atoms. The predicted molar refractivity (Wildman–Crippen MR) is 114 cm³/mol. The number of nitrogens with one attached hydrogen (secondary N) is 2. The van der Waals surface area contributed by atoms with Crippen LogP contribution in [0.4, 0.5) is 10.3 Å². The van der Waals surface area contributed by atoms with Crippen molar-refractivity contribution < 1.29 is 13.9 Å². The Morgan fingerprint density at radius 2 is 1.97 bits per heavy atom. The lowest BCUT2D eigenvalue weighted by Gasteiger charge is -2.18. The van der Waals surface area contributed by atoms with Gasteiger partial charge in [-0.25, -0.2) is 14.2 Å². The Hall–Kier alpha value is -3.45. The Labute approximate surface area is 172 Å². The summed E-state index contributed by atoms with van der Waals surface area (Å²) in [4.78, 5) is 19.4. The SMILES string of the molecule is CCC(C)(O)c1cnc(NCc2ccc3c(-c4ccc(F)cc4)cc(=O)oc3c2)[nH]1. The summed E-state index contributed by atoms with van der Waals surface area (Å²) in [5, 5.41) is 14.2. The summed E-state index contributed by atoms with van der Waals surface area (Å²) in [6.45, 7) is 4.08. The monoisotopic (exact) mass is 407 g/mol. The molecule has 2 heterocycles. The van der Waals surface area contributed by atoms with Crippen LogP contribution in [0.1, 0.15) is 31.5 Å². The molecule has 6 nitrogen and oxygen atoms in total. The minimum atomic E-state index is -0.962. The summed E-state index contributed by atoms with van der Waals surface area (Å²) in [5.41, 5.74) is 1.99. The predicted octanol–water partition coefficient (Wildman–Crippen LogP) is 4.55. The maximum Gasteiger partial charge on any atom is 0.336 e. The zero-order chi connectivity index (χ0) is 21.3. The number of imidazole rings is 1. The van der Waals surface area contributed by atoms with Crippen LogP contribution in [0.25, 0.3) is 22.1 Å². The van der Waals surface area contributed by atoms with Crippen molar-refractivity contribution in [2.75, 3.05) is 5.32 Å². The van der Waals surface area contributed by atoms with Crippen molar-refractivity contribution in [2.45, 2.75) is 32.4 Å². The lowest BCUT2D eigenvalue weighted by atomic mass is 10.0. The average Bonchev–Trinajstić information content (AvgIpc) is 3.22. The number of aliphatic hydroxyl groups is 1. The van der Waals surface area contributed by atoms with Gasteiger partial charge in [0, 0.05) is 18.0 Å². The molecule has 7 heteroatoms. The molecule has 2 aromatic heterocycles. The molecule has 0 aliphatic carbocycles. The zero-order valence-corrected chi connectivity index (χ0v) is 16.7. The molecule has 0 radical (unpaired) electrons. The summed E-state index contributed by atoms with van der Waals surface area (Å²) in [5.74, 6) is 0.209. The van der Waals surface area contributed by atoms with Gasteiger partial charge in [-0.1, -0.05) is 31.2 Å². The Kier molecular flexibility index (Phi) is 5.13. The highest BCUT2D eigenvalue weighted by molar-refractivity contribution is 5.93. The van der Waals surface area contributed by atoms with Gasteiger partial charge in [-0.15, -0.1) is 0 Å². The molecule has 1 atom stereocenters. The van der Waals surface area contributed by atoms with E-state index < -0.39 is 11.2 Å². The number of hydrogen-bond donors (Lipinski definition) is 3. The molecule has 0 amide bonds. The fraction of sp³-hybridized carbons (Fsp3) is 0.217. The van der Waals surface area contributed by atoms with Crippen LogP contribution >= 0.6 is 0 Å². The van der Waals surface area contributed by atoms with Crippen molar-refractivity contribution in [3.63, 3.8) is 0 Å². The number of benzene rings is 2. The summed E-state index contributed by atoms with van der Waals surface area (Å²) in [6.07, 6.45) is 2.18. The summed E-state index contributed by atoms with van der Waals surface area (Å²) < 4.78 is 18.6. The Morgan fingerprint density at radius 3 is 2.70 bits per heavy atom. The first-order valence-electron chi connectivity index (χ1n) is 9.70. The maximum absolute atomic E-state index is 13.3. The molecule has 1 unspecified atom stereocenters. The van der Waals surface area contributed by atoms with E-state index >= 15 is 0 Å². The van der Waals surface area contributed by atoms with Crippen molar-refractivity contribution in [1.82, 2.24) is 9.97 Å². The van der Waals surface area contributed by atoms with Crippen LogP contribution in [0, 0.1) is 5.82 Å². The van der Waals surface area contributed by atoms with E-state index in [1.165, 1.54) is 18.2 Å². The third-order valence-corrected chi connectivity index (χ3v) is 5.27. The molecule has 0 bridgehead atoms. The van der Waals surface area contributed by atoms with E-state index in [4.69, 9.17) is 4.42 Å². The van der Waals surface area contributed by atoms with E-state index in [9.17, 15) is 14.3 Å². The van der Waals surface area contributed by atoms with Crippen LogP contribution in [0.5, 0.6) is 0 Å². The highest BCUT2D eigenvalue weighted by atomic mass is 19.1. The quantitative estimate of drug-likeness (QED) is 0.408. The molecular formula is C23H22FN3O3. The fourth-order valence-electron chi connectivity index (χ4n) is 3.25. The molecule has 0 spiro atoms. The number of aromatic amines is 1. The lowest BCUT2D eigenvalue weighted by Crippen LogP contribution is -2.20. The van der Waals surface area contributed by atoms with Crippen molar-refractivity contribution in [2.24, 2.45) is 0 Å². The molecule has 0 saturated carbocycles. The number of aromatic nitrogens is 2.